The van der Waals surface area contributed by atoms with Crippen molar-refractivity contribution in [2.75, 3.05) is 4.90 Å². The highest BCUT2D eigenvalue weighted by molar-refractivity contribution is 9.10. The van der Waals surface area contributed by atoms with Crippen LogP contribution in [-0.2, 0) is 9.59 Å². The second-order valence-electron chi connectivity index (χ2n) is 5.29. The molecule has 110 valence electrons. The molecule has 0 bridgehead atoms. The zero-order valence-electron chi connectivity index (χ0n) is 11.0. The van der Waals surface area contributed by atoms with Crippen molar-refractivity contribution >= 4 is 39.5 Å². The van der Waals surface area contributed by atoms with Crippen molar-refractivity contribution in [1.82, 2.24) is 5.32 Å². The number of benzene rings is 1. The van der Waals surface area contributed by atoms with Crippen molar-refractivity contribution in [3.8, 4) is 0 Å². The summed E-state index contributed by atoms with van der Waals surface area (Å²) in [6.07, 6.45) is 2.35. The summed E-state index contributed by atoms with van der Waals surface area (Å²) >= 11 is 3.02. The number of urea groups is 1. The third-order valence-corrected chi connectivity index (χ3v) is 4.73. The van der Waals surface area contributed by atoms with Gasteiger partial charge < -0.3 is 0 Å². The molecule has 1 N–H and O–H groups in total. The Bertz CT molecular complexity index is 656. The summed E-state index contributed by atoms with van der Waals surface area (Å²) in [7, 11) is 0. The van der Waals surface area contributed by atoms with Crippen LogP contribution < -0.4 is 10.2 Å². The summed E-state index contributed by atoms with van der Waals surface area (Å²) < 4.78 is 13.9. The molecule has 4 amide bonds. The number of hydrogen-bond donors (Lipinski definition) is 1. The predicted molar refractivity (Wildman–Crippen MR) is 76.0 cm³/mol. The second kappa shape index (κ2) is 4.91. The van der Waals surface area contributed by atoms with E-state index in [1.807, 2.05) is 0 Å². The largest absolute Gasteiger partial charge is 0.335 e. The molecular formula is C14H12BrFN2O3. The van der Waals surface area contributed by atoms with Crippen molar-refractivity contribution in [3.63, 3.8) is 0 Å². The van der Waals surface area contributed by atoms with Crippen molar-refractivity contribution in [3.05, 3.63) is 28.5 Å². The molecule has 5 nitrogen and oxygen atoms in total. The lowest BCUT2D eigenvalue weighted by Crippen LogP contribution is -2.63. The fourth-order valence-corrected chi connectivity index (χ4v) is 3.20. The third kappa shape index (κ3) is 2.07. The lowest BCUT2D eigenvalue weighted by atomic mass is 9.82. The molecule has 1 aromatic carbocycles. The maximum Gasteiger partial charge on any atom is 0.335 e. The van der Waals surface area contributed by atoms with Crippen LogP contribution in [0.3, 0.4) is 0 Å². The second-order valence-corrected chi connectivity index (χ2v) is 6.14. The lowest BCUT2D eigenvalue weighted by molar-refractivity contribution is -0.142. The van der Waals surface area contributed by atoms with Gasteiger partial charge in [0.2, 0.25) is 5.91 Å². The van der Waals surface area contributed by atoms with Crippen molar-refractivity contribution in [2.24, 2.45) is 5.41 Å². The van der Waals surface area contributed by atoms with Gasteiger partial charge in [0.25, 0.3) is 5.91 Å². The Labute approximate surface area is 128 Å². The van der Waals surface area contributed by atoms with E-state index in [0.29, 0.717) is 12.8 Å². The summed E-state index contributed by atoms with van der Waals surface area (Å²) in [5, 5.41) is 2.22. The van der Waals surface area contributed by atoms with Gasteiger partial charge >= 0.3 is 6.03 Å². The molecule has 21 heavy (non-hydrogen) atoms. The van der Waals surface area contributed by atoms with Gasteiger partial charge in [-0.05, 0) is 47.0 Å². The van der Waals surface area contributed by atoms with Crippen molar-refractivity contribution in [1.29, 1.82) is 0 Å². The summed E-state index contributed by atoms with van der Waals surface area (Å²) in [6.45, 7) is 0. The molecule has 2 aliphatic rings. The van der Waals surface area contributed by atoms with E-state index < -0.39 is 29.1 Å². The highest BCUT2D eigenvalue weighted by Crippen LogP contribution is 2.43. The van der Waals surface area contributed by atoms with E-state index in [0.717, 1.165) is 23.8 Å². The standard InChI is InChI=1S/C14H12BrFN2O3/c15-9-4-3-8(7-10(9)16)18-12(20)14(5-1-2-6-14)11(19)17-13(18)21/h3-4,7H,1-2,5-6H2,(H,17,19,21). The van der Waals surface area contributed by atoms with Crippen LogP contribution >= 0.6 is 15.9 Å². The number of barbiturate groups is 1. The lowest BCUT2D eigenvalue weighted by Gasteiger charge is -2.36. The van der Waals surface area contributed by atoms with E-state index in [4.69, 9.17) is 0 Å². The number of carbonyl (C=O) groups excluding carboxylic acids is 3. The van der Waals surface area contributed by atoms with E-state index in [1.165, 1.54) is 12.1 Å². The fourth-order valence-electron chi connectivity index (χ4n) is 2.95. The van der Waals surface area contributed by atoms with E-state index in [1.54, 1.807) is 0 Å². The number of imide groups is 2. The number of hydrogen-bond acceptors (Lipinski definition) is 3. The first kappa shape index (κ1) is 14.2. The first-order valence-electron chi connectivity index (χ1n) is 6.61. The van der Waals surface area contributed by atoms with Gasteiger partial charge in [-0.15, -0.1) is 0 Å². The van der Waals surface area contributed by atoms with Gasteiger partial charge in [-0.1, -0.05) is 12.8 Å². The summed E-state index contributed by atoms with van der Waals surface area (Å²) in [6, 6.07) is 3.15. The molecule has 1 heterocycles. The number of nitrogens with one attached hydrogen (secondary N) is 1. The van der Waals surface area contributed by atoms with Gasteiger partial charge in [-0.3, -0.25) is 14.9 Å². The average molecular weight is 355 g/mol. The summed E-state index contributed by atoms with van der Waals surface area (Å²) in [5.74, 6) is -1.68. The average Bonchev–Trinajstić information content (AvgIpc) is 2.92. The highest BCUT2D eigenvalue weighted by Gasteiger charge is 2.55. The molecule has 0 unspecified atom stereocenters. The molecule has 2 fully saturated rings. The number of halogens is 2. The molecule has 1 aliphatic carbocycles. The number of anilines is 1. The third-order valence-electron chi connectivity index (χ3n) is 4.09. The zero-order valence-corrected chi connectivity index (χ0v) is 12.6. The quantitative estimate of drug-likeness (QED) is 0.788. The topological polar surface area (TPSA) is 66.5 Å². The normalized spacial score (nSPS) is 21.0. The maximum atomic E-state index is 13.7. The molecule has 1 aliphatic heterocycles. The van der Waals surface area contributed by atoms with E-state index in [9.17, 15) is 18.8 Å². The van der Waals surface area contributed by atoms with Crippen LogP contribution in [0.4, 0.5) is 14.9 Å². The van der Waals surface area contributed by atoms with Gasteiger partial charge in [0, 0.05) is 0 Å². The van der Waals surface area contributed by atoms with Crippen LogP contribution in [0.25, 0.3) is 0 Å². The predicted octanol–water partition coefficient (Wildman–Crippen LogP) is 2.73. The molecule has 1 aromatic rings. The number of nitrogens with zero attached hydrogens (tertiary/aromatic N) is 1. The van der Waals surface area contributed by atoms with Crippen molar-refractivity contribution in [2.45, 2.75) is 25.7 Å². The molecule has 0 aromatic heterocycles. The Kier molecular flexibility index (Phi) is 3.32. The number of rotatable bonds is 1. The Morgan fingerprint density at radius 3 is 2.48 bits per heavy atom. The number of carbonyl (C=O) groups is 3. The van der Waals surface area contributed by atoms with E-state index in [2.05, 4.69) is 21.2 Å². The molecule has 1 spiro atoms. The Hall–Kier alpha value is -1.76. The van der Waals surface area contributed by atoms with Crippen LogP contribution in [-0.4, -0.2) is 17.8 Å². The number of amides is 4. The molecule has 3 rings (SSSR count). The van der Waals surface area contributed by atoms with Crippen LogP contribution in [0, 0.1) is 11.2 Å². The molecule has 1 saturated carbocycles. The maximum absolute atomic E-state index is 13.7. The molecular weight excluding hydrogens is 343 g/mol. The van der Waals surface area contributed by atoms with Crippen LogP contribution in [0.15, 0.2) is 22.7 Å². The van der Waals surface area contributed by atoms with Gasteiger partial charge in [0.15, 0.2) is 0 Å². The fraction of sp³-hybridized carbons (Fsp3) is 0.357. The van der Waals surface area contributed by atoms with Crippen molar-refractivity contribution < 1.29 is 18.8 Å². The summed E-state index contributed by atoms with van der Waals surface area (Å²) in [5.41, 5.74) is -1.06. The van der Waals surface area contributed by atoms with Gasteiger partial charge in [-0.25, -0.2) is 14.1 Å². The van der Waals surface area contributed by atoms with E-state index >= 15 is 0 Å². The minimum atomic E-state index is -1.18. The monoisotopic (exact) mass is 354 g/mol. The van der Waals surface area contributed by atoms with Gasteiger partial charge in [0.1, 0.15) is 11.2 Å². The Morgan fingerprint density at radius 1 is 1.19 bits per heavy atom. The van der Waals surface area contributed by atoms with Gasteiger partial charge in [-0.2, -0.15) is 0 Å². The van der Waals surface area contributed by atoms with Crippen LogP contribution in [0.5, 0.6) is 0 Å². The Morgan fingerprint density at radius 2 is 1.86 bits per heavy atom. The molecule has 1 saturated heterocycles. The van der Waals surface area contributed by atoms with Gasteiger partial charge in [0.05, 0.1) is 10.2 Å². The first-order valence-corrected chi connectivity index (χ1v) is 7.40. The summed E-state index contributed by atoms with van der Waals surface area (Å²) in [4.78, 5) is 37.6. The van der Waals surface area contributed by atoms with Crippen LogP contribution in [0.1, 0.15) is 25.7 Å². The zero-order chi connectivity index (χ0) is 15.2. The minimum Gasteiger partial charge on any atom is -0.276 e. The van der Waals surface area contributed by atoms with E-state index in [-0.39, 0.29) is 10.2 Å². The molecule has 0 radical (unpaired) electrons. The highest BCUT2D eigenvalue weighted by atomic mass is 79.9. The van der Waals surface area contributed by atoms with Crippen LogP contribution in [0.2, 0.25) is 0 Å². The minimum absolute atomic E-state index is 0.122. The first-order chi connectivity index (χ1) is 9.95. The Balaban J connectivity index is 2.04. The smallest absolute Gasteiger partial charge is 0.276 e. The molecule has 0 atom stereocenters. The molecule has 7 heteroatoms. The SMILES string of the molecule is O=C1NC(=O)C2(CCCC2)C(=O)N1c1ccc(Br)c(F)c1.